The number of halogens is 2. The molecular formula is C5H7F2-. The first-order valence-electron chi connectivity index (χ1n) is 2.40. The number of hydrogen-bond acceptors (Lipinski definition) is 0. The van der Waals surface area contributed by atoms with Crippen molar-refractivity contribution in [3.05, 3.63) is 6.42 Å². The van der Waals surface area contributed by atoms with E-state index in [2.05, 4.69) is 0 Å². The third-order valence-corrected chi connectivity index (χ3v) is 1.16. The van der Waals surface area contributed by atoms with Crippen molar-refractivity contribution >= 4 is 0 Å². The molecule has 0 amide bonds. The summed E-state index contributed by atoms with van der Waals surface area (Å²) in [5, 5.41) is 0. The minimum absolute atomic E-state index is 0.00694. The summed E-state index contributed by atoms with van der Waals surface area (Å²) in [5.74, 6) is -2.36. The summed E-state index contributed by atoms with van der Waals surface area (Å²) in [6, 6.07) is 0. The Hall–Kier alpha value is -0.140. The van der Waals surface area contributed by atoms with Crippen LogP contribution >= 0.6 is 0 Å². The Labute approximate surface area is 41.5 Å². The highest BCUT2D eigenvalue weighted by Crippen LogP contribution is 2.33. The molecule has 1 aliphatic rings. The van der Waals surface area contributed by atoms with Crippen molar-refractivity contribution < 1.29 is 8.78 Å². The molecule has 0 aromatic rings. The lowest BCUT2D eigenvalue weighted by Gasteiger charge is -2.07. The van der Waals surface area contributed by atoms with E-state index in [9.17, 15) is 8.78 Å². The Morgan fingerprint density at radius 1 is 1.43 bits per heavy atom. The highest BCUT2D eigenvalue weighted by atomic mass is 19.3. The van der Waals surface area contributed by atoms with Gasteiger partial charge in [0, 0.05) is 0 Å². The molecular weight excluding hydrogens is 98.1 g/mol. The van der Waals surface area contributed by atoms with Crippen LogP contribution in [0.1, 0.15) is 19.3 Å². The smallest absolute Gasteiger partial charge is 0.219 e. The fourth-order valence-electron chi connectivity index (χ4n) is 0.729. The summed E-state index contributed by atoms with van der Waals surface area (Å²) in [4.78, 5) is 0. The zero-order valence-electron chi connectivity index (χ0n) is 3.95. The molecule has 0 heterocycles. The van der Waals surface area contributed by atoms with Crippen molar-refractivity contribution in [3.8, 4) is 0 Å². The van der Waals surface area contributed by atoms with Crippen LogP contribution in [0.3, 0.4) is 0 Å². The first kappa shape index (κ1) is 5.01. The quantitative estimate of drug-likeness (QED) is 0.413. The van der Waals surface area contributed by atoms with Crippen LogP contribution in [-0.4, -0.2) is 5.92 Å². The topological polar surface area (TPSA) is 0 Å². The maximum Gasteiger partial charge on any atom is 0.219 e. The van der Waals surface area contributed by atoms with E-state index in [1.54, 1.807) is 6.42 Å². The molecule has 1 saturated carbocycles. The van der Waals surface area contributed by atoms with Gasteiger partial charge in [0.15, 0.2) is 0 Å². The Morgan fingerprint density at radius 2 is 2.14 bits per heavy atom. The van der Waals surface area contributed by atoms with Crippen molar-refractivity contribution in [2.45, 2.75) is 25.2 Å². The predicted molar refractivity (Wildman–Crippen MR) is 23.1 cm³/mol. The molecule has 0 radical (unpaired) electrons. The normalized spacial score (nSPS) is 28.3. The molecule has 1 rings (SSSR count). The monoisotopic (exact) mass is 105 g/mol. The van der Waals surface area contributed by atoms with E-state index in [4.69, 9.17) is 0 Å². The summed E-state index contributed by atoms with van der Waals surface area (Å²) >= 11 is 0. The SMILES string of the molecule is FC1(F)C[CH-]CC1. The molecule has 0 nitrogen and oxygen atoms in total. The molecule has 0 spiro atoms. The average Bonchev–Trinajstić information content (AvgIpc) is 1.84. The molecule has 1 aliphatic carbocycles. The molecule has 42 valence electrons. The fourth-order valence-corrected chi connectivity index (χ4v) is 0.729. The lowest BCUT2D eigenvalue weighted by molar-refractivity contribution is 0.0121. The Balaban J connectivity index is 2.40. The third kappa shape index (κ3) is 1.11. The standard InChI is InChI=1S/C5H7F2/c6-5(7)3-1-2-4-5/h1H,2-4H2/q-1. The van der Waals surface area contributed by atoms with Crippen molar-refractivity contribution in [1.29, 1.82) is 0 Å². The third-order valence-electron chi connectivity index (χ3n) is 1.16. The van der Waals surface area contributed by atoms with Crippen molar-refractivity contribution in [3.63, 3.8) is 0 Å². The predicted octanol–water partition coefficient (Wildman–Crippen LogP) is 2.01. The van der Waals surface area contributed by atoms with Crippen LogP contribution in [0.5, 0.6) is 0 Å². The summed E-state index contributed by atoms with van der Waals surface area (Å²) in [6.45, 7) is 0. The van der Waals surface area contributed by atoms with E-state index in [0.29, 0.717) is 6.42 Å². The van der Waals surface area contributed by atoms with Gasteiger partial charge >= 0.3 is 0 Å². The molecule has 0 aromatic heterocycles. The van der Waals surface area contributed by atoms with Crippen LogP contribution in [0.25, 0.3) is 0 Å². The van der Waals surface area contributed by atoms with Crippen molar-refractivity contribution in [2.24, 2.45) is 0 Å². The summed E-state index contributed by atoms with van der Waals surface area (Å²) in [6.07, 6.45) is 2.28. The summed E-state index contributed by atoms with van der Waals surface area (Å²) < 4.78 is 23.8. The molecule has 2 heteroatoms. The minimum Gasteiger partial charge on any atom is -0.323 e. The largest absolute Gasteiger partial charge is 0.323 e. The molecule has 0 bridgehead atoms. The second-order valence-electron chi connectivity index (χ2n) is 1.89. The zero-order valence-corrected chi connectivity index (χ0v) is 3.95. The van der Waals surface area contributed by atoms with Gasteiger partial charge in [-0.2, -0.15) is 6.42 Å². The number of hydrogen-bond donors (Lipinski definition) is 0. The Morgan fingerprint density at radius 3 is 2.29 bits per heavy atom. The molecule has 1 fully saturated rings. The van der Waals surface area contributed by atoms with Gasteiger partial charge < -0.3 is 6.42 Å². The number of alkyl halides is 2. The molecule has 0 saturated heterocycles. The van der Waals surface area contributed by atoms with Gasteiger partial charge in [-0.05, 0) is 6.42 Å². The Kier molecular flexibility index (Phi) is 1.02. The molecule has 0 unspecified atom stereocenters. The van der Waals surface area contributed by atoms with Crippen LogP contribution in [0, 0.1) is 6.42 Å². The maximum absolute atomic E-state index is 11.9. The lowest BCUT2D eigenvalue weighted by atomic mass is 10.3. The first-order valence-corrected chi connectivity index (χ1v) is 2.40. The van der Waals surface area contributed by atoms with E-state index in [1.807, 2.05) is 0 Å². The fraction of sp³-hybridized carbons (Fsp3) is 0.800. The summed E-state index contributed by atoms with van der Waals surface area (Å²) in [7, 11) is 0. The Bertz CT molecular complexity index is 60.5. The van der Waals surface area contributed by atoms with Crippen LogP contribution in [0.4, 0.5) is 8.78 Å². The van der Waals surface area contributed by atoms with E-state index < -0.39 is 5.92 Å². The second kappa shape index (κ2) is 1.42. The van der Waals surface area contributed by atoms with Gasteiger partial charge in [-0.15, -0.1) is 6.42 Å². The average molecular weight is 105 g/mol. The van der Waals surface area contributed by atoms with Gasteiger partial charge in [0.25, 0.3) is 0 Å². The molecule has 0 aromatic carbocycles. The lowest BCUT2D eigenvalue weighted by Crippen LogP contribution is -2.06. The summed E-state index contributed by atoms with van der Waals surface area (Å²) in [5.41, 5.74) is 0. The highest BCUT2D eigenvalue weighted by molar-refractivity contribution is 4.85. The van der Waals surface area contributed by atoms with E-state index >= 15 is 0 Å². The van der Waals surface area contributed by atoms with Gasteiger partial charge in [0.2, 0.25) is 5.92 Å². The van der Waals surface area contributed by atoms with Crippen LogP contribution < -0.4 is 0 Å². The van der Waals surface area contributed by atoms with E-state index in [0.717, 1.165) is 0 Å². The van der Waals surface area contributed by atoms with Crippen LogP contribution in [0.15, 0.2) is 0 Å². The highest BCUT2D eigenvalue weighted by Gasteiger charge is 2.25. The minimum atomic E-state index is -2.36. The van der Waals surface area contributed by atoms with E-state index in [1.165, 1.54) is 0 Å². The molecule has 7 heavy (non-hydrogen) atoms. The van der Waals surface area contributed by atoms with Gasteiger partial charge in [-0.3, -0.25) is 0 Å². The van der Waals surface area contributed by atoms with Gasteiger partial charge in [-0.25, -0.2) is 8.78 Å². The van der Waals surface area contributed by atoms with E-state index in [-0.39, 0.29) is 12.8 Å². The van der Waals surface area contributed by atoms with Gasteiger partial charge in [0.1, 0.15) is 0 Å². The molecule has 0 aliphatic heterocycles. The molecule has 0 atom stereocenters. The second-order valence-corrected chi connectivity index (χ2v) is 1.89. The van der Waals surface area contributed by atoms with Crippen molar-refractivity contribution in [2.75, 3.05) is 0 Å². The van der Waals surface area contributed by atoms with Crippen LogP contribution in [-0.2, 0) is 0 Å². The number of rotatable bonds is 0. The van der Waals surface area contributed by atoms with Crippen LogP contribution in [0.2, 0.25) is 0 Å². The maximum atomic E-state index is 11.9. The zero-order chi connectivity index (χ0) is 5.33. The van der Waals surface area contributed by atoms with Gasteiger partial charge in [0.05, 0.1) is 0 Å². The molecule has 0 N–H and O–H groups in total. The van der Waals surface area contributed by atoms with Crippen molar-refractivity contribution in [1.82, 2.24) is 0 Å². The first-order chi connectivity index (χ1) is 3.21. The van der Waals surface area contributed by atoms with Gasteiger partial charge in [-0.1, -0.05) is 0 Å².